The molecule has 5 nitrogen and oxygen atoms in total. The van der Waals surface area contributed by atoms with E-state index in [0.717, 1.165) is 4.47 Å². The van der Waals surface area contributed by atoms with Crippen molar-refractivity contribution in [2.75, 3.05) is 0 Å². The summed E-state index contributed by atoms with van der Waals surface area (Å²) in [5, 5.41) is 6.95. The highest BCUT2D eigenvalue weighted by Crippen LogP contribution is 2.11. The smallest absolute Gasteiger partial charge is 0.211 e. The maximum Gasteiger partial charge on any atom is 0.211 e. The molecule has 0 aliphatic rings. The van der Waals surface area contributed by atoms with E-state index in [-0.39, 0.29) is 5.96 Å². The number of hydrogen-bond donors (Lipinski definition) is 2. The van der Waals surface area contributed by atoms with E-state index < -0.39 is 0 Å². The van der Waals surface area contributed by atoms with E-state index in [0.29, 0.717) is 5.76 Å². The third kappa shape index (κ3) is 2.75. The zero-order chi connectivity index (χ0) is 8.97. The Kier molecular flexibility index (Phi) is 2.87. The van der Waals surface area contributed by atoms with Crippen LogP contribution >= 0.6 is 15.9 Å². The quantitative estimate of drug-likeness (QED) is 0.444. The molecule has 0 aliphatic carbocycles. The van der Waals surface area contributed by atoms with Crippen LogP contribution in [0.5, 0.6) is 0 Å². The molecule has 0 fully saturated rings. The van der Waals surface area contributed by atoms with E-state index in [1.54, 1.807) is 6.07 Å². The predicted molar refractivity (Wildman–Crippen MR) is 49.8 cm³/mol. The molecule has 64 valence electrons. The van der Waals surface area contributed by atoms with Crippen LogP contribution in [0.15, 0.2) is 31.4 Å². The first-order chi connectivity index (χ1) is 5.68. The van der Waals surface area contributed by atoms with E-state index in [1.165, 1.54) is 12.5 Å². The molecule has 0 saturated heterocycles. The molecule has 1 rings (SSSR count). The van der Waals surface area contributed by atoms with Crippen molar-refractivity contribution in [2.45, 2.75) is 0 Å². The second-order valence-electron chi connectivity index (χ2n) is 1.94. The molecule has 1 aromatic heterocycles. The fourth-order valence-corrected chi connectivity index (χ4v) is 0.867. The second kappa shape index (κ2) is 3.91. The fourth-order valence-electron chi connectivity index (χ4n) is 0.548. The van der Waals surface area contributed by atoms with Gasteiger partial charge in [-0.05, 0) is 22.0 Å². The minimum absolute atomic E-state index is 0.0862. The summed E-state index contributed by atoms with van der Waals surface area (Å²) in [6.07, 6.45) is 2.95. The van der Waals surface area contributed by atoms with E-state index in [4.69, 9.17) is 15.9 Å². The van der Waals surface area contributed by atoms with E-state index >= 15 is 0 Å². The molecule has 0 unspecified atom stereocenters. The Morgan fingerprint density at radius 3 is 2.83 bits per heavy atom. The van der Waals surface area contributed by atoms with Crippen molar-refractivity contribution in [3.63, 3.8) is 0 Å². The zero-order valence-electron chi connectivity index (χ0n) is 6.07. The Bertz CT molecular complexity index is 313. The summed E-state index contributed by atoms with van der Waals surface area (Å²) in [7, 11) is 0. The van der Waals surface area contributed by atoms with Crippen LogP contribution in [0.3, 0.4) is 0 Å². The Labute approximate surface area is 77.3 Å². The monoisotopic (exact) mass is 230 g/mol. The Balaban J connectivity index is 2.64. The molecule has 0 aromatic carbocycles. The molecule has 1 heterocycles. The van der Waals surface area contributed by atoms with Crippen LogP contribution in [0.2, 0.25) is 0 Å². The van der Waals surface area contributed by atoms with Crippen LogP contribution in [0.25, 0.3) is 0 Å². The first kappa shape index (κ1) is 8.79. The van der Waals surface area contributed by atoms with Crippen molar-refractivity contribution in [2.24, 2.45) is 21.7 Å². The van der Waals surface area contributed by atoms with E-state index in [9.17, 15) is 0 Å². The molecule has 0 atom stereocenters. The van der Waals surface area contributed by atoms with Crippen LogP contribution < -0.4 is 11.5 Å². The summed E-state index contributed by atoms with van der Waals surface area (Å²) in [4.78, 5) is 0. The average Bonchev–Trinajstić information content (AvgIpc) is 2.35. The predicted octanol–water partition coefficient (Wildman–Crippen LogP) is 0.649. The number of furan rings is 1. The van der Waals surface area contributed by atoms with Crippen LogP contribution in [0.1, 0.15) is 5.76 Å². The van der Waals surface area contributed by atoms with Gasteiger partial charge in [0.1, 0.15) is 12.0 Å². The van der Waals surface area contributed by atoms with Gasteiger partial charge in [0.05, 0.1) is 10.7 Å². The van der Waals surface area contributed by atoms with Gasteiger partial charge in [-0.15, -0.1) is 5.10 Å². The highest BCUT2D eigenvalue weighted by molar-refractivity contribution is 9.10. The minimum atomic E-state index is -0.0862. The van der Waals surface area contributed by atoms with E-state index in [2.05, 4.69) is 26.1 Å². The van der Waals surface area contributed by atoms with Crippen LogP contribution in [0.4, 0.5) is 0 Å². The molecule has 4 N–H and O–H groups in total. The molecule has 0 saturated carbocycles. The minimum Gasteiger partial charge on any atom is -0.462 e. The number of nitrogens with two attached hydrogens (primary N) is 2. The van der Waals surface area contributed by atoms with Gasteiger partial charge in [0.25, 0.3) is 0 Å². The summed E-state index contributed by atoms with van der Waals surface area (Å²) < 4.78 is 5.84. The van der Waals surface area contributed by atoms with Crippen molar-refractivity contribution < 1.29 is 4.42 Å². The van der Waals surface area contributed by atoms with Gasteiger partial charge in [0.2, 0.25) is 5.96 Å². The van der Waals surface area contributed by atoms with E-state index in [1.807, 2.05) is 0 Å². The highest BCUT2D eigenvalue weighted by atomic mass is 79.9. The number of rotatable bonds is 2. The lowest BCUT2D eigenvalue weighted by Crippen LogP contribution is -2.21. The molecule has 12 heavy (non-hydrogen) atoms. The summed E-state index contributed by atoms with van der Waals surface area (Å²) in [5.41, 5.74) is 10.1. The number of halogens is 1. The largest absolute Gasteiger partial charge is 0.462 e. The van der Waals surface area contributed by atoms with Crippen molar-refractivity contribution in [3.8, 4) is 0 Å². The molecule has 0 aliphatic heterocycles. The van der Waals surface area contributed by atoms with Gasteiger partial charge in [0.15, 0.2) is 0 Å². The topological polar surface area (TPSA) is 89.9 Å². The summed E-state index contributed by atoms with van der Waals surface area (Å²) in [5.74, 6) is 0.490. The number of guanidine groups is 1. The summed E-state index contributed by atoms with van der Waals surface area (Å²) >= 11 is 3.21. The standard InChI is InChI=1S/C6H7BrN4O/c7-4-1-5(12-3-4)2-10-11-6(8)9/h1-3H,(H4,8,9,11)/b10-2+. The molecular formula is C6H7BrN4O. The molecule has 1 aromatic rings. The molecule has 0 spiro atoms. The van der Waals surface area contributed by atoms with Gasteiger partial charge in [-0.3, -0.25) is 0 Å². The van der Waals surface area contributed by atoms with Crippen LogP contribution in [0, 0.1) is 0 Å². The number of hydrogen-bond acceptors (Lipinski definition) is 3. The Hall–Kier alpha value is -1.30. The molecule has 0 amide bonds. The van der Waals surface area contributed by atoms with Gasteiger partial charge < -0.3 is 15.9 Å². The SMILES string of the molecule is NC(N)=N/N=C/c1cc(Br)co1. The van der Waals surface area contributed by atoms with Gasteiger partial charge in [0, 0.05) is 0 Å². The Morgan fingerprint density at radius 1 is 1.58 bits per heavy atom. The molecular weight excluding hydrogens is 224 g/mol. The van der Waals surface area contributed by atoms with Gasteiger partial charge >= 0.3 is 0 Å². The molecule has 0 bridgehead atoms. The normalized spacial score (nSPS) is 10.4. The first-order valence-electron chi connectivity index (χ1n) is 3.04. The van der Waals surface area contributed by atoms with Gasteiger partial charge in [-0.1, -0.05) is 0 Å². The summed E-state index contributed by atoms with van der Waals surface area (Å²) in [6.45, 7) is 0. The fraction of sp³-hybridized carbons (Fsp3) is 0. The molecule has 6 heteroatoms. The zero-order valence-corrected chi connectivity index (χ0v) is 7.65. The first-order valence-corrected chi connectivity index (χ1v) is 3.84. The van der Waals surface area contributed by atoms with Crippen molar-refractivity contribution in [1.29, 1.82) is 0 Å². The lowest BCUT2D eigenvalue weighted by Gasteiger charge is -1.82. The third-order valence-corrected chi connectivity index (χ3v) is 1.36. The lowest BCUT2D eigenvalue weighted by atomic mass is 10.5. The van der Waals surface area contributed by atoms with Crippen LogP contribution in [-0.4, -0.2) is 12.2 Å². The highest BCUT2D eigenvalue weighted by Gasteiger charge is 1.93. The maximum absolute atomic E-state index is 5.04. The lowest BCUT2D eigenvalue weighted by molar-refractivity contribution is 0.559. The maximum atomic E-state index is 5.04. The second-order valence-corrected chi connectivity index (χ2v) is 2.85. The van der Waals surface area contributed by atoms with Gasteiger partial charge in [-0.2, -0.15) is 5.10 Å². The third-order valence-electron chi connectivity index (χ3n) is 0.946. The average molecular weight is 231 g/mol. The van der Waals surface area contributed by atoms with Crippen molar-refractivity contribution in [1.82, 2.24) is 0 Å². The van der Waals surface area contributed by atoms with Gasteiger partial charge in [-0.25, -0.2) is 0 Å². The number of nitrogens with zero attached hydrogens (tertiary/aromatic N) is 2. The van der Waals surface area contributed by atoms with Crippen LogP contribution in [-0.2, 0) is 0 Å². The van der Waals surface area contributed by atoms with Crippen molar-refractivity contribution in [3.05, 3.63) is 22.6 Å². The van der Waals surface area contributed by atoms with Crippen molar-refractivity contribution >= 4 is 28.1 Å². The summed E-state index contributed by atoms with van der Waals surface area (Å²) in [6, 6.07) is 1.74. The molecule has 0 radical (unpaired) electrons. The Morgan fingerprint density at radius 2 is 2.33 bits per heavy atom.